The highest BCUT2D eigenvalue weighted by atomic mass is 16.1. The van der Waals surface area contributed by atoms with Crippen LogP contribution in [0.5, 0.6) is 0 Å². The van der Waals surface area contributed by atoms with Gasteiger partial charge in [0.25, 0.3) is 0 Å². The van der Waals surface area contributed by atoms with E-state index in [1.54, 1.807) is 0 Å². The normalized spacial score (nSPS) is 14.7. The van der Waals surface area contributed by atoms with Gasteiger partial charge in [0.2, 0.25) is 0 Å². The first kappa shape index (κ1) is 11.2. The van der Waals surface area contributed by atoms with E-state index in [2.05, 4.69) is 12.0 Å². The van der Waals surface area contributed by atoms with Crippen molar-refractivity contribution in [2.75, 3.05) is 0 Å². The van der Waals surface area contributed by atoms with Crippen LogP contribution in [0.15, 0.2) is 30.5 Å². The van der Waals surface area contributed by atoms with Crippen LogP contribution in [0, 0.1) is 12.8 Å². The summed E-state index contributed by atoms with van der Waals surface area (Å²) in [5.74, 6) is 0.760. The van der Waals surface area contributed by atoms with Crippen LogP contribution in [-0.4, -0.2) is 16.1 Å². The predicted molar refractivity (Wildman–Crippen MR) is 70.5 cm³/mol. The zero-order valence-corrected chi connectivity index (χ0v) is 10.5. The SMILES string of the molecule is Cc1ccc(-c2nn(CC3CC3)cc2C=O)cc1. The first-order valence-electron chi connectivity index (χ1n) is 6.36. The Kier molecular flexibility index (Phi) is 2.74. The second kappa shape index (κ2) is 4.41. The maximum atomic E-state index is 11.1. The summed E-state index contributed by atoms with van der Waals surface area (Å²) in [7, 11) is 0. The molecule has 1 aliphatic carbocycles. The van der Waals surface area contributed by atoms with Crippen molar-refractivity contribution in [3.63, 3.8) is 0 Å². The Morgan fingerprint density at radius 2 is 2.06 bits per heavy atom. The zero-order valence-electron chi connectivity index (χ0n) is 10.5. The minimum atomic E-state index is 0.680. The molecule has 0 radical (unpaired) electrons. The second-order valence-electron chi connectivity index (χ2n) is 5.08. The monoisotopic (exact) mass is 240 g/mol. The molecule has 18 heavy (non-hydrogen) atoms. The van der Waals surface area contributed by atoms with E-state index in [0.717, 1.165) is 30.0 Å². The predicted octanol–water partition coefficient (Wildman–Crippen LogP) is 3.08. The Labute approximate surface area is 106 Å². The Hall–Kier alpha value is -1.90. The molecule has 3 nitrogen and oxygen atoms in total. The lowest BCUT2D eigenvalue weighted by Crippen LogP contribution is -1.99. The van der Waals surface area contributed by atoms with Crippen LogP contribution in [0.3, 0.4) is 0 Å². The van der Waals surface area contributed by atoms with Crippen LogP contribution < -0.4 is 0 Å². The Morgan fingerprint density at radius 3 is 2.67 bits per heavy atom. The van der Waals surface area contributed by atoms with Gasteiger partial charge in [-0.05, 0) is 25.7 Å². The summed E-state index contributed by atoms with van der Waals surface area (Å²) < 4.78 is 1.91. The van der Waals surface area contributed by atoms with Gasteiger partial charge in [-0.2, -0.15) is 5.10 Å². The molecule has 0 spiro atoms. The molecule has 0 aliphatic heterocycles. The van der Waals surface area contributed by atoms with Crippen molar-refractivity contribution in [3.8, 4) is 11.3 Å². The fraction of sp³-hybridized carbons (Fsp3) is 0.333. The standard InChI is InChI=1S/C15H16N2O/c1-11-2-6-13(7-3-11)15-14(10-18)9-17(16-15)8-12-4-5-12/h2-3,6-7,9-10,12H,4-5,8H2,1H3. The van der Waals surface area contributed by atoms with Crippen molar-refractivity contribution in [1.29, 1.82) is 0 Å². The lowest BCUT2D eigenvalue weighted by atomic mass is 10.1. The van der Waals surface area contributed by atoms with Crippen LogP contribution in [-0.2, 0) is 6.54 Å². The first-order valence-corrected chi connectivity index (χ1v) is 6.36. The van der Waals surface area contributed by atoms with Gasteiger partial charge >= 0.3 is 0 Å². The lowest BCUT2D eigenvalue weighted by molar-refractivity contribution is 0.112. The largest absolute Gasteiger partial charge is 0.298 e. The molecule has 0 unspecified atom stereocenters. The van der Waals surface area contributed by atoms with Gasteiger partial charge in [0.15, 0.2) is 6.29 Å². The molecule has 0 N–H and O–H groups in total. The number of hydrogen-bond acceptors (Lipinski definition) is 2. The third kappa shape index (κ3) is 2.21. The van der Waals surface area contributed by atoms with E-state index in [1.807, 2.05) is 35.1 Å². The summed E-state index contributed by atoms with van der Waals surface area (Å²) in [4.78, 5) is 11.1. The number of aldehydes is 1. The third-order valence-corrected chi connectivity index (χ3v) is 3.38. The molecule has 92 valence electrons. The Morgan fingerprint density at radius 1 is 1.33 bits per heavy atom. The van der Waals surface area contributed by atoms with E-state index in [-0.39, 0.29) is 0 Å². The van der Waals surface area contributed by atoms with E-state index in [9.17, 15) is 4.79 Å². The highest BCUT2D eigenvalue weighted by molar-refractivity contribution is 5.85. The van der Waals surface area contributed by atoms with E-state index in [4.69, 9.17) is 0 Å². The van der Waals surface area contributed by atoms with Gasteiger partial charge in [0, 0.05) is 18.3 Å². The van der Waals surface area contributed by atoms with Gasteiger partial charge in [-0.3, -0.25) is 9.48 Å². The van der Waals surface area contributed by atoms with Crippen molar-refractivity contribution in [2.24, 2.45) is 5.92 Å². The molecule has 0 amide bonds. The maximum absolute atomic E-state index is 11.1. The van der Waals surface area contributed by atoms with E-state index >= 15 is 0 Å². The van der Waals surface area contributed by atoms with Crippen molar-refractivity contribution in [1.82, 2.24) is 9.78 Å². The molecule has 0 saturated heterocycles. The van der Waals surface area contributed by atoms with E-state index in [0.29, 0.717) is 5.56 Å². The van der Waals surface area contributed by atoms with Crippen molar-refractivity contribution in [3.05, 3.63) is 41.6 Å². The molecular weight excluding hydrogens is 224 g/mol. The zero-order chi connectivity index (χ0) is 12.5. The number of carbonyl (C=O) groups is 1. The van der Waals surface area contributed by atoms with Crippen LogP contribution in [0.25, 0.3) is 11.3 Å². The average molecular weight is 240 g/mol. The lowest BCUT2D eigenvalue weighted by Gasteiger charge is -1.99. The van der Waals surface area contributed by atoms with Gasteiger partial charge in [-0.25, -0.2) is 0 Å². The van der Waals surface area contributed by atoms with Crippen molar-refractivity contribution in [2.45, 2.75) is 26.3 Å². The van der Waals surface area contributed by atoms with Crippen LogP contribution in [0.2, 0.25) is 0 Å². The van der Waals surface area contributed by atoms with Gasteiger partial charge in [0.05, 0.1) is 5.56 Å². The highest BCUT2D eigenvalue weighted by Gasteiger charge is 2.23. The number of benzene rings is 1. The number of aryl methyl sites for hydroxylation is 1. The summed E-state index contributed by atoms with van der Waals surface area (Å²) >= 11 is 0. The summed E-state index contributed by atoms with van der Waals surface area (Å²) in [5.41, 5.74) is 3.70. The summed E-state index contributed by atoms with van der Waals surface area (Å²) in [6, 6.07) is 8.13. The first-order chi connectivity index (χ1) is 8.76. The number of nitrogens with zero attached hydrogens (tertiary/aromatic N) is 2. The molecule has 1 fully saturated rings. The van der Waals surface area contributed by atoms with Crippen LogP contribution in [0.4, 0.5) is 0 Å². The van der Waals surface area contributed by atoms with Gasteiger partial charge in [-0.15, -0.1) is 0 Å². The third-order valence-electron chi connectivity index (χ3n) is 3.38. The fourth-order valence-electron chi connectivity index (χ4n) is 2.12. The maximum Gasteiger partial charge on any atom is 0.153 e. The Bertz CT molecular complexity index is 565. The summed E-state index contributed by atoms with van der Waals surface area (Å²) in [5, 5.41) is 4.55. The van der Waals surface area contributed by atoms with Gasteiger partial charge in [-0.1, -0.05) is 29.8 Å². The quantitative estimate of drug-likeness (QED) is 0.770. The van der Waals surface area contributed by atoms with Gasteiger partial charge < -0.3 is 0 Å². The van der Waals surface area contributed by atoms with Crippen LogP contribution in [0.1, 0.15) is 28.8 Å². The smallest absolute Gasteiger partial charge is 0.153 e. The number of rotatable bonds is 4. The highest BCUT2D eigenvalue weighted by Crippen LogP contribution is 2.31. The molecule has 1 aliphatic rings. The molecule has 2 aromatic rings. The van der Waals surface area contributed by atoms with Gasteiger partial charge in [0.1, 0.15) is 5.69 Å². The number of hydrogen-bond donors (Lipinski definition) is 0. The minimum absolute atomic E-state index is 0.680. The molecule has 0 bridgehead atoms. The molecule has 1 aromatic heterocycles. The summed E-state index contributed by atoms with van der Waals surface area (Å²) in [6.07, 6.45) is 5.33. The van der Waals surface area contributed by atoms with E-state index in [1.165, 1.54) is 18.4 Å². The van der Waals surface area contributed by atoms with E-state index < -0.39 is 0 Å². The topological polar surface area (TPSA) is 34.9 Å². The molecule has 3 heteroatoms. The molecule has 1 heterocycles. The fourth-order valence-corrected chi connectivity index (χ4v) is 2.12. The average Bonchev–Trinajstić information content (AvgIpc) is 3.09. The molecular formula is C15H16N2O. The molecule has 1 saturated carbocycles. The van der Waals surface area contributed by atoms with Crippen LogP contribution >= 0.6 is 0 Å². The Balaban J connectivity index is 1.95. The molecule has 0 atom stereocenters. The second-order valence-corrected chi connectivity index (χ2v) is 5.08. The molecule has 1 aromatic carbocycles. The number of aromatic nitrogens is 2. The summed E-state index contributed by atoms with van der Waals surface area (Å²) in [6.45, 7) is 2.99. The molecule has 3 rings (SSSR count). The van der Waals surface area contributed by atoms with Crippen molar-refractivity contribution >= 4 is 6.29 Å². The van der Waals surface area contributed by atoms with Crippen molar-refractivity contribution < 1.29 is 4.79 Å². The minimum Gasteiger partial charge on any atom is -0.298 e. The number of carbonyl (C=O) groups excluding carboxylic acids is 1.